The zero-order chi connectivity index (χ0) is 19.8. The number of benzene rings is 2. The quantitative estimate of drug-likeness (QED) is 0.660. The van der Waals surface area contributed by atoms with Crippen LogP contribution in [0.4, 0.5) is 5.69 Å². The molecule has 0 spiro atoms. The fourth-order valence-corrected chi connectivity index (χ4v) is 2.53. The van der Waals surface area contributed by atoms with Gasteiger partial charge in [-0.3, -0.25) is 9.59 Å². The minimum atomic E-state index is -0.280. The first-order valence-corrected chi connectivity index (χ1v) is 8.98. The number of rotatable bonds is 7. The number of nitrogens with one attached hydrogen (secondary N) is 2. The van der Waals surface area contributed by atoms with Gasteiger partial charge in [0.1, 0.15) is 6.61 Å². The van der Waals surface area contributed by atoms with Crippen molar-refractivity contribution in [2.45, 2.75) is 13.5 Å². The average molecular weight is 375 g/mol. The van der Waals surface area contributed by atoms with E-state index in [1.54, 1.807) is 36.4 Å². The molecule has 0 unspecified atom stereocenters. The summed E-state index contributed by atoms with van der Waals surface area (Å²) in [7, 11) is 0. The summed E-state index contributed by atoms with van der Waals surface area (Å²) in [5.74, 6) is -0.0458. The van der Waals surface area contributed by atoms with E-state index in [1.165, 1.54) is 6.20 Å². The van der Waals surface area contributed by atoms with Crippen LogP contribution in [-0.4, -0.2) is 23.3 Å². The van der Waals surface area contributed by atoms with Gasteiger partial charge in [-0.25, -0.2) is 4.98 Å². The number of ether oxygens (including phenoxy) is 1. The van der Waals surface area contributed by atoms with Gasteiger partial charge in [-0.15, -0.1) is 0 Å². The molecule has 0 fully saturated rings. The number of anilines is 1. The maximum absolute atomic E-state index is 12.5. The van der Waals surface area contributed by atoms with E-state index in [2.05, 4.69) is 15.6 Å². The van der Waals surface area contributed by atoms with E-state index in [0.29, 0.717) is 35.8 Å². The van der Waals surface area contributed by atoms with Crippen LogP contribution in [0.5, 0.6) is 5.88 Å². The van der Waals surface area contributed by atoms with Gasteiger partial charge in [0, 0.05) is 35.6 Å². The highest BCUT2D eigenvalue weighted by Gasteiger charge is 2.09. The standard InChI is InChI=1S/C22H21N3O3/c1-2-23-21(26)17-8-10-19(11-9-17)25-22(27)18-12-13-24-20(14-18)28-15-16-6-4-3-5-7-16/h3-14H,2,15H2,1H3,(H,23,26)(H,25,27). The molecular weight excluding hydrogens is 354 g/mol. The summed E-state index contributed by atoms with van der Waals surface area (Å²) in [6, 6.07) is 19.7. The van der Waals surface area contributed by atoms with Gasteiger partial charge in [0.2, 0.25) is 5.88 Å². The summed E-state index contributed by atoms with van der Waals surface area (Å²) in [5.41, 5.74) is 2.60. The smallest absolute Gasteiger partial charge is 0.255 e. The summed E-state index contributed by atoms with van der Waals surface area (Å²) < 4.78 is 5.66. The van der Waals surface area contributed by atoms with Crippen LogP contribution in [0.2, 0.25) is 0 Å². The molecule has 0 saturated heterocycles. The molecule has 2 amide bonds. The summed E-state index contributed by atoms with van der Waals surface area (Å²) in [6.45, 7) is 2.80. The lowest BCUT2D eigenvalue weighted by Crippen LogP contribution is -2.22. The maximum Gasteiger partial charge on any atom is 0.255 e. The molecule has 0 aliphatic rings. The van der Waals surface area contributed by atoms with Gasteiger partial charge in [-0.2, -0.15) is 0 Å². The molecule has 2 N–H and O–H groups in total. The van der Waals surface area contributed by atoms with E-state index in [9.17, 15) is 9.59 Å². The Bertz CT molecular complexity index is 941. The predicted molar refractivity (Wildman–Crippen MR) is 107 cm³/mol. The van der Waals surface area contributed by atoms with E-state index in [1.807, 2.05) is 37.3 Å². The molecule has 6 heteroatoms. The van der Waals surface area contributed by atoms with E-state index < -0.39 is 0 Å². The van der Waals surface area contributed by atoms with Crippen molar-refractivity contribution in [2.75, 3.05) is 11.9 Å². The van der Waals surface area contributed by atoms with Crippen LogP contribution >= 0.6 is 0 Å². The number of hydrogen-bond donors (Lipinski definition) is 2. The molecule has 0 bridgehead atoms. The Morgan fingerprint density at radius 3 is 2.39 bits per heavy atom. The van der Waals surface area contributed by atoms with Crippen LogP contribution in [0.3, 0.4) is 0 Å². The second-order valence-electron chi connectivity index (χ2n) is 6.05. The van der Waals surface area contributed by atoms with Crippen LogP contribution in [0.25, 0.3) is 0 Å². The molecule has 0 aliphatic carbocycles. The Morgan fingerprint density at radius 1 is 0.929 bits per heavy atom. The lowest BCUT2D eigenvalue weighted by molar-refractivity contribution is 0.0955. The predicted octanol–water partition coefficient (Wildman–Crippen LogP) is 3.66. The van der Waals surface area contributed by atoms with E-state index >= 15 is 0 Å². The zero-order valence-corrected chi connectivity index (χ0v) is 15.5. The molecular formula is C22H21N3O3. The molecule has 28 heavy (non-hydrogen) atoms. The summed E-state index contributed by atoms with van der Waals surface area (Å²) in [5, 5.41) is 5.53. The van der Waals surface area contributed by atoms with Crippen molar-refractivity contribution < 1.29 is 14.3 Å². The number of nitrogens with zero attached hydrogens (tertiary/aromatic N) is 1. The second-order valence-corrected chi connectivity index (χ2v) is 6.05. The Kier molecular flexibility index (Phi) is 6.36. The first-order chi connectivity index (χ1) is 13.7. The minimum Gasteiger partial charge on any atom is -0.473 e. The highest BCUT2D eigenvalue weighted by atomic mass is 16.5. The van der Waals surface area contributed by atoms with Crippen molar-refractivity contribution in [3.05, 3.63) is 89.6 Å². The molecule has 1 heterocycles. The van der Waals surface area contributed by atoms with Gasteiger partial charge in [-0.05, 0) is 42.8 Å². The van der Waals surface area contributed by atoms with E-state index in [-0.39, 0.29) is 11.8 Å². The fraction of sp³-hybridized carbons (Fsp3) is 0.136. The van der Waals surface area contributed by atoms with Crippen molar-refractivity contribution >= 4 is 17.5 Å². The van der Waals surface area contributed by atoms with E-state index in [4.69, 9.17) is 4.74 Å². The molecule has 3 aromatic rings. The third-order valence-electron chi connectivity index (χ3n) is 3.97. The van der Waals surface area contributed by atoms with Gasteiger partial charge >= 0.3 is 0 Å². The van der Waals surface area contributed by atoms with Gasteiger partial charge in [-0.1, -0.05) is 30.3 Å². The lowest BCUT2D eigenvalue weighted by Gasteiger charge is -2.09. The van der Waals surface area contributed by atoms with Gasteiger partial charge in [0.15, 0.2) is 0 Å². The third-order valence-corrected chi connectivity index (χ3v) is 3.97. The molecule has 2 aromatic carbocycles. The number of carbonyl (C=O) groups excluding carboxylic acids is 2. The first kappa shape index (κ1) is 19.1. The molecule has 1 aromatic heterocycles. The van der Waals surface area contributed by atoms with E-state index in [0.717, 1.165) is 5.56 Å². The molecule has 142 valence electrons. The number of carbonyl (C=O) groups is 2. The van der Waals surface area contributed by atoms with Gasteiger partial charge in [0.05, 0.1) is 0 Å². The number of aromatic nitrogens is 1. The number of hydrogen-bond acceptors (Lipinski definition) is 4. The molecule has 0 saturated carbocycles. The Hall–Kier alpha value is -3.67. The monoisotopic (exact) mass is 375 g/mol. The molecule has 0 atom stereocenters. The number of amides is 2. The van der Waals surface area contributed by atoms with Gasteiger partial charge in [0.25, 0.3) is 11.8 Å². The largest absolute Gasteiger partial charge is 0.473 e. The Balaban J connectivity index is 1.62. The van der Waals surface area contributed by atoms with Crippen LogP contribution in [0.1, 0.15) is 33.2 Å². The Morgan fingerprint density at radius 2 is 1.68 bits per heavy atom. The van der Waals surface area contributed by atoms with Crippen molar-refractivity contribution in [2.24, 2.45) is 0 Å². The minimum absolute atomic E-state index is 0.144. The van der Waals surface area contributed by atoms with Gasteiger partial charge < -0.3 is 15.4 Å². The highest BCUT2D eigenvalue weighted by Crippen LogP contribution is 2.15. The maximum atomic E-state index is 12.5. The van der Waals surface area contributed by atoms with Crippen LogP contribution in [0, 0.1) is 0 Å². The van der Waals surface area contributed by atoms with Crippen molar-refractivity contribution in [1.29, 1.82) is 0 Å². The zero-order valence-electron chi connectivity index (χ0n) is 15.5. The highest BCUT2D eigenvalue weighted by molar-refractivity contribution is 6.04. The van der Waals surface area contributed by atoms with Crippen LogP contribution < -0.4 is 15.4 Å². The summed E-state index contributed by atoms with van der Waals surface area (Å²) >= 11 is 0. The molecule has 3 rings (SSSR count). The number of pyridine rings is 1. The average Bonchev–Trinajstić information content (AvgIpc) is 2.74. The van der Waals surface area contributed by atoms with Crippen molar-refractivity contribution in [3.8, 4) is 5.88 Å². The SMILES string of the molecule is CCNC(=O)c1ccc(NC(=O)c2ccnc(OCc3ccccc3)c2)cc1. The molecule has 0 aliphatic heterocycles. The normalized spacial score (nSPS) is 10.2. The summed E-state index contributed by atoms with van der Waals surface area (Å²) in [4.78, 5) is 28.4. The topological polar surface area (TPSA) is 80.3 Å². The van der Waals surface area contributed by atoms with Crippen LogP contribution in [0.15, 0.2) is 72.9 Å². The molecule has 0 radical (unpaired) electrons. The third kappa shape index (κ3) is 5.17. The molecule has 6 nitrogen and oxygen atoms in total. The lowest BCUT2D eigenvalue weighted by atomic mass is 10.2. The summed E-state index contributed by atoms with van der Waals surface area (Å²) in [6.07, 6.45) is 1.54. The first-order valence-electron chi connectivity index (χ1n) is 8.98. The van der Waals surface area contributed by atoms with Crippen molar-refractivity contribution in [3.63, 3.8) is 0 Å². The second kappa shape index (κ2) is 9.32. The Labute approximate surface area is 163 Å². The fourth-order valence-electron chi connectivity index (χ4n) is 2.53. The van der Waals surface area contributed by atoms with Crippen molar-refractivity contribution in [1.82, 2.24) is 10.3 Å². The van der Waals surface area contributed by atoms with Crippen LogP contribution in [-0.2, 0) is 6.61 Å².